The zero-order valence-corrected chi connectivity index (χ0v) is 9.29. The van der Waals surface area contributed by atoms with Gasteiger partial charge in [0.25, 0.3) is 0 Å². The lowest BCUT2D eigenvalue weighted by molar-refractivity contribution is 0.340. The van der Waals surface area contributed by atoms with Crippen LogP contribution < -0.4 is 9.64 Å². The average molecular weight is 193 g/mol. The molecule has 0 saturated heterocycles. The number of anilines is 1. The molecule has 1 rings (SSSR count). The van der Waals surface area contributed by atoms with Crippen molar-refractivity contribution in [3.05, 3.63) is 24.3 Å². The fourth-order valence-corrected chi connectivity index (χ4v) is 1.51. The molecule has 0 aliphatic rings. The van der Waals surface area contributed by atoms with E-state index in [1.165, 1.54) is 5.69 Å². The highest BCUT2D eigenvalue weighted by molar-refractivity contribution is 5.57. The number of hydrogen-bond donors (Lipinski definition) is 0. The van der Waals surface area contributed by atoms with Crippen molar-refractivity contribution in [3.63, 3.8) is 0 Å². The Morgan fingerprint density at radius 2 is 1.93 bits per heavy atom. The molecule has 0 bridgehead atoms. The number of benzene rings is 1. The normalized spacial score (nSPS) is 9.93. The molecule has 0 spiro atoms. The van der Waals surface area contributed by atoms with Crippen LogP contribution in [-0.2, 0) is 0 Å². The van der Waals surface area contributed by atoms with Crippen molar-refractivity contribution in [2.45, 2.75) is 20.3 Å². The summed E-state index contributed by atoms with van der Waals surface area (Å²) in [5.74, 6) is 0.978. The summed E-state index contributed by atoms with van der Waals surface area (Å²) in [5.41, 5.74) is 1.18. The van der Waals surface area contributed by atoms with E-state index in [1.807, 2.05) is 25.1 Å². The molecular formula is C12H19NO. The van der Waals surface area contributed by atoms with Crippen molar-refractivity contribution >= 4 is 5.69 Å². The highest BCUT2D eigenvalue weighted by Gasteiger charge is 2.05. The van der Waals surface area contributed by atoms with Crippen LogP contribution in [0, 0.1) is 0 Å². The molecule has 1 aromatic carbocycles. The third-order valence-electron chi connectivity index (χ3n) is 2.14. The predicted molar refractivity (Wildman–Crippen MR) is 61.2 cm³/mol. The maximum absolute atomic E-state index is 5.56. The van der Waals surface area contributed by atoms with Gasteiger partial charge in [-0.2, -0.15) is 0 Å². The largest absolute Gasteiger partial charge is 0.492 e. The summed E-state index contributed by atoms with van der Waals surface area (Å²) in [6, 6.07) is 8.17. The molecule has 0 aliphatic heterocycles. The molecule has 0 saturated carbocycles. The van der Waals surface area contributed by atoms with Crippen LogP contribution in [0.2, 0.25) is 0 Å². The van der Waals surface area contributed by atoms with Gasteiger partial charge in [-0.05, 0) is 25.5 Å². The van der Waals surface area contributed by atoms with Crippen LogP contribution in [0.25, 0.3) is 0 Å². The first-order valence-electron chi connectivity index (χ1n) is 5.22. The van der Waals surface area contributed by atoms with Crippen LogP contribution in [0.4, 0.5) is 5.69 Å². The molecule has 0 radical (unpaired) electrons. The van der Waals surface area contributed by atoms with E-state index < -0.39 is 0 Å². The van der Waals surface area contributed by atoms with Crippen LogP contribution in [0.5, 0.6) is 5.75 Å². The number of ether oxygens (including phenoxy) is 1. The van der Waals surface area contributed by atoms with Crippen molar-refractivity contribution in [2.75, 3.05) is 25.1 Å². The Bertz CT molecular complexity index is 273. The topological polar surface area (TPSA) is 12.5 Å². The van der Waals surface area contributed by atoms with Gasteiger partial charge in [0.15, 0.2) is 0 Å². The van der Waals surface area contributed by atoms with E-state index in [-0.39, 0.29) is 0 Å². The number of hydrogen-bond acceptors (Lipinski definition) is 2. The van der Waals surface area contributed by atoms with Gasteiger partial charge in [0.1, 0.15) is 5.75 Å². The molecule has 0 aliphatic carbocycles. The first kappa shape index (κ1) is 10.9. The van der Waals surface area contributed by atoms with Crippen molar-refractivity contribution < 1.29 is 4.74 Å². The summed E-state index contributed by atoms with van der Waals surface area (Å²) in [6.07, 6.45) is 1.15. The Morgan fingerprint density at radius 1 is 1.21 bits per heavy atom. The molecule has 0 unspecified atom stereocenters. The Labute approximate surface area is 86.5 Å². The second kappa shape index (κ2) is 5.53. The molecule has 0 amide bonds. The summed E-state index contributed by atoms with van der Waals surface area (Å²) in [7, 11) is 2.10. The van der Waals surface area contributed by atoms with E-state index in [9.17, 15) is 0 Å². The van der Waals surface area contributed by atoms with Gasteiger partial charge in [0.2, 0.25) is 0 Å². The standard InChI is InChI=1S/C12H19NO/c1-4-10-13(3)11-8-6-7-9-12(11)14-5-2/h6-9H,4-5,10H2,1-3H3. The van der Waals surface area contributed by atoms with E-state index in [1.54, 1.807) is 0 Å². The van der Waals surface area contributed by atoms with Gasteiger partial charge in [-0.15, -0.1) is 0 Å². The fraction of sp³-hybridized carbons (Fsp3) is 0.500. The molecule has 0 heterocycles. The molecule has 0 fully saturated rings. The van der Waals surface area contributed by atoms with Gasteiger partial charge in [0, 0.05) is 13.6 Å². The van der Waals surface area contributed by atoms with Crippen LogP contribution in [0.3, 0.4) is 0 Å². The Kier molecular flexibility index (Phi) is 4.30. The number of rotatable bonds is 5. The van der Waals surface area contributed by atoms with Crippen molar-refractivity contribution in [1.82, 2.24) is 0 Å². The lowest BCUT2D eigenvalue weighted by Crippen LogP contribution is -2.18. The molecule has 0 N–H and O–H groups in total. The predicted octanol–water partition coefficient (Wildman–Crippen LogP) is 2.93. The van der Waals surface area contributed by atoms with Crippen LogP contribution >= 0.6 is 0 Å². The van der Waals surface area contributed by atoms with Gasteiger partial charge < -0.3 is 9.64 Å². The lowest BCUT2D eigenvalue weighted by Gasteiger charge is -2.21. The highest BCUT2D eigenvalue weighted by atomic mass is 16.5. The molecule has 2 heteroatoms. The minimum Gasteiger partial charge on any atom is -0.492 e. The SMILES string of the molecule is CCCN(C)c1ccccc1OCC. The average Bonchev–Trinajstić information content (AvgIpc) is 2.19. The maximum atomic E-state index is 5.56. The molecule has 14 heavy (non-hydrogen) atoms. The molecule has 2 nitrogen and oxygen atoms in total. The van der Waals surface area contributed by atoms with E-state index in [4.69, 9.17) is 4.74 Å². The molecule has 0 atom stereocenters. The lowest BCUT2D eigenvalue weighted by atomic mass is 10.2. The van der Waals surface area contributed by atoms with Crippen LogP contribution in [-0.4, -0.2) is 20.2 Å². The second-order valence-corrected chi connectivity index (χ2v) is 3.32. The molecule has 78 valence electrons. The summed E-state index contributed by atoms with van der Waals surface area (Å²) in [5, 5.41) is 0. The first-order valence-corrected chi connectivity index (χ1v) is 5.22. The smallest absolute Gasteiger partial charge is 0.142 e. The van der Waals surface area contributed by atoms with E-state index in [2.05, 4.69) is 24.9 Å². The van der Waals surface area contributed by atoms with Gasteiger partial charge in [-0.25, -0.2) is 0 Å². The maximum Gasteiger partial charge on any atom is 0.142 e. The van der Waals surface area contributed by atoms with Gasteiger partial charge in [0.05, 0.1) is 12.3 Å². The fourth-order valence-electron chi connectivity index (χ4n) is 1.51. The van der Waals surface area contributed by atoms with Crippen molar-refractivity contribution in [1.29, 1.82) is 0 Å². The minimum atomic E-state index is 0.719. The molecular weight excluding hydrogens is 174 g/mol. The van der Waals surface area contributed by atoms with Crippen LogP contribution in [0.15, 0.2) is 24.3 Å². The molecule has 1 aromatic rings. The number of para-hydroxylation sites is 2. The third kappa shape index (κ3) is 2.66. The zero-order chi connectivity index (χ0) is 10.4. The Hall–Kier alpha value is -1.18. The zero-order valence-electron chi connectivity index (χ0n) is 9.29. The number of nitrogens with zero attached hydrogens (tertiary/aromatic N) is 1. The van der Waals surface area contributed by atoms with E-state index >= 15 is 0 Å². The van der Waals surface area contributed by atoms with Gasteiger partial charge in [-0.3, -0.25) is 0 Å². The quantitative estimate of drug-likeness (QED) is 0.713. The van der Waals surface area contributed by atoms with Crippen LogP contribution in [0.1, 0.15) is 20.3 Å². The van der Waals surface area contributed by atoms with E-state index in [0.29, 0.717) is 0 Å². The first-order chi connectivity index (χ1) is 6.79. The molecule has 0 aromatic heterocycles. The monoisotopic (exact) mass is 193 g/mol. The summed E-state index contributed by atoms with van der Waals surface area (Å²) in [4.78, 5) is 2.23. The van der Waals surface area contributed by atoms with Gasteiger partial charge >= 0.3 is 0 Å². The summed E-state index contributed by atoms with van der Waals surface area (Å²) < 4.78 is 5.56. The van der Waals surface area contributed by atoms with Gasteiger partial charge in [-0.1, -0.05) is 19.1 Å². The van der Waals surface area contributed by atoms with E-state index in [0.717, 1.165) is 25.3 Å². The summed E-state index contributed by atoms with van der Waals surface area (Å²) >= 11 is 0. The highest BCUT2D eigenvalue weighted by Crippen LogP contribution is 2.26. The Morgan fingerprint density at radius 3 is 2.57 bits per heavy atom. The third-order valence-corrected chi connectivity index (χ3v) is 2.14. The second-order valence-electron chi connectivity index (χ2n) is 3.32. The summed E-state index contributed by atoms with van der Waals surface area (Å²) in [6.45, 7) is 5.97. The van der Waals surface area contributed by atoms with Crippen molar-refractivity contribution in [2.24, 2.45) is 0 Å². The Balaban J connectivity index is 2.82. The minimum absolute atomic E-state index is 0.719. The van der Waals surface area contributed by atoms with Crippen molar-refractivity contribution in [3.8, 4) is 5.75 Å².